The van der Waals surface area contributed by atoms with Crippen LogP contribution in [0.3, 0.4) is 0 Å². The number of benzene rings is 2. The molecule has 45 heavy (non-hydrogen) atoms. The molecule has 4 aromatic rings. The molecule has 2 aromatic heterocycles. The molecule has 0 aliphatic carbocycles. The molecule has 238 valence electrons. The van der Waals surface area contributed by atoms with Crippen LogP contribution in [0, 0.1) is 5.41 Å². The van der Waals surface area contributed by atoms with Crippen molar-refractivity contribution in [3.8, 4) is 10.4 Å². The second-order valence-electron chi connectivity index (χ2n) is 11.9. The second-order valence-corrected chi connectivity index (χ2v) is 15.7. The van der Waals surface area contributed by atoms with Gasteiger partial charge in [-0.2, -0.15) is 8.78 Å². The fourth-order valence-corrected chi connectivity index (χ4v) is 7.53. The predicted molar refractivity (Wildman–Crippen MR) is 172 cm³/mol. The zero-order valence-corrected chi connectivity index (χ0v) is 27.1. The number of halogens is 2. The zero-order chi connectivity index (χ0) is 32.7. The number of hydrogen-bond donors (Lipinski definition) is 4. The number of carbonyl (C=O) groups excluding carboxylic acids is 3. The highest BCUT2D eigenvalue weighted by molar-refractivity contribution is 7.52. The Hall–Kier alpha value is -3.48. The van der Waals surface area contributed by atoms with E-state index >= 15 is 0 Å². The Kier molecular flexibility index (Phi) is 9.05. The smallest absolute Gasteiger partial charge is 0.339 e. The van der Waals surface area contributed by atoms with Gasteiger partial charge in [-0.15, -0.1) is 22.7 Å². The molecule has 3 amide bonds. The number of likely N-dealkylation sites (tertiary alicyclic amines) is 1. The molecule has 3 heterocycles. The van der Waals surface area contributed by atoms with Gasteiger partial charge < -0.3 is 25.3 Å². The van der Waals surface area contributed by atoms with Crippen LogP contribution in [-0.2, 0) is 19.8 Å². The van der Waals surface area contributed by atoms with Crippen LogP contribution < -0.4 is 10.6 Å². The van der Waals surface area contributed by atoms with Gasteiger partial charge >= 0.3 is 13.3 Å². The number of rotatable bonds is 8. The van der Waals surface area contributed by atoms with Gasteiger partial charge in [-0.25, -0.2) is 0 Å². The van der Waals surface area contributed by atoms with E-state index in [4.69, 9.17) is 9.79 Å². The lowest BCUT2D eigenvalue weighted by Crippen LogP contribution is -2.57. The summed E-state index contributed by atoms with van der Waals surface area (Å²) in [5.41, 5.74) is -4.97. The molecule has 1 unspecified atom stereocenters. The molecule has 1 aliphatic rings. The van der Waals surface area contributed by atoms with Crippen LogP contribution in [0.2, 0.25) is 0 Å². The standard InChI is InChI=1S/C31H32F2N3O6PS2/c1-30(2,3)26(35-28(38)24-17-19-16-20(11-12-23(19)44-24)31(32,33)43(40,41)42)29(39)36-15-7-10-21(36)27(37)34-25-14-13-22(45-25)18-8-5-4-6-9-18/h4-6,8-9,11-14,16-17,21,26H,7,10,15H2,1-3H3,(H,34,37)(H,35,38)(H2,40,41,42)/t21-,26?/m0/s1. The van der Waals surface area contributed by atoms with E-state index in [0.717, 1.165) is 33.9 Å². The van der Waals surface area contributed by atoms with Gasteiger partial charge in [0.25, 0.3) is 5.91 Å². The quantitative estimate of drug-likeness (QED) is 0.155. The number of hydrogen-bond acceptors (Lipinski definition) is 6. The number of fused-ring (bicyclic) bond motifs is 1. The van der Waals surface area contributed by atoms with Crippen LogP contribution in [-0.4, -0.2) is 51.0 Å². The number of carbonyl (C=O) groups is 3. The Morgan fingerprint density at radius 1 is 1.00 bits per heavy atom. The first-order valence-corrected chi connectivity index (χ1v) is 17.4. The summed E-state index contributed by atoms with van der Waals surface area (Å²) in [6, 6.07) is 16.3. The van der Waals surface area contributed by atoms with E-state index in [2.05, 4.69) is 10.6 Å². The van der Waals surface area contributed by atoms with Crippen molar-refractivity contribution in [2.24, 2.45) is 5.41 Å². The monoisotopic (exact) mass is 675 g/mol. The third-order valence-corrected chi connectivity index (χ3v) is 10.7. The van der Waals surface area contributed by atoms with Crippen molar-refractivity contribution in [1.82, 2.24) is 10.2 Å². The van der Waals surface area contributed by atoms with Gasteiger partial charge in [-0.3, -0.25) is 18.9 Å². The van der Waals surface area contributed by atoms with Gasteiger partial charge in [0.2, 0.25) is 11.8 Å². The highest BCUT2D eigenvalue weighted by Gasteiger charge is 2.50. The van der Waals surface area contributed by atoms with E-state index in [9.17, 15) is 27.7 Å². The molecule has 0 saturated carbocycles. The number of thiophene rings is 2. The van der Waals surface area contributed by atoms with E-state index in [0.29, 0.717) is 29.1 Å². The molecule has 0 radical (unpaired) electrons. The van der Waals surface area contributed by atoms with E-state index in [1.807, 2.05) is 42.5 Å². The summed E-state index contributed by atoms with van der Waals surface area (Å²) in [7, 11) is -5.76. The first-order valence-electron chi connectivity index (χ1n) is 14.1. The highest BCUT2D eigenvalue weighted by atomic mass is 32.1. The number of nitrogens with zero attached hydrogens (tertiary/aromatic N) is 1. The first-order chi connectivity index (χ1) is 21.1. The minimum Gasteiger partial charge on any atom is -0.339 e. The molecule has 1 fully saturated rings. The predicted octanol–water partition coefficient (Wildman–Crippen LogP) is 6.63. The third kappa shape index (κ3) is 6.87. The highest BCUT2D eigenvalue weighted by Crippen LogP contribution is 2.59. The van der Waals surface area contributed by atoms with Gasteiger partial charge in [-0.05, 0) is 59.5 Å². The van der Waals surface area contributed by atoms with Crippen molar-refractivity contribution in [3.05, 3.63) is 77.2 Å². The molecule has 5 rings (SSSR count). The van der Waals surface area contributed by atoms with Gasteiger partial charge in [0.05, 0.1) is 9.88 Å². The van der Waals surface area contributed by atoms with Crippen molar-refractivity contribution in [1.29, 1.82) is 0 Å². The van der Waals surface area contributed by atoms with Crippen molar-refractivity contribution < 1.29 is 37.5 Å². The maximum absolute atomic E-state index is 14.3. The molecule has 0 bridgehead atoms. The Morgan fingerprint density at radius 2 is 1.71 bits per heavy atom. The average molecular weight is 676 g/mol. The summed E-state index contributed by atoms with van der Waals surface area (Å²) < 4.78 is 40.3. The summed E-state index contributed by atoms with van der Waals surface area (Å²) in [5.74, 6) is -1.33. The van der Waals surface area contributed by atoms with Gasteiger partial charge in [0.15, 0.2) is 0 Å². The molecule has 2 atom stereocenters. The molecule has 9 nitrogen and oxygen atoms in total. The zero-order valence-electron chi connectivity index (χ0n) is 24.6. The van der Waals surface area contributed by atoms with Crippen LogP contribution in [0.1, 0.15) is 48.8 Å². The number of nitrogens with one attached hydrogen (secondary N) is 2. The fourth-order valence-electron chi connectivity index (χ4n) is 5.20. The van der Waals surface area contributed by atoms with E-state index in [1.54, 1.807) is 20.8 Å². The average Bonchev–Trinajstić information content (AvgIpc) is 3.74. The summed E-state index contributed by atoms with van der Waals surface area (Å²) >= 11 is 2.43. The second kappa shape index (κ2) is 12.4. The van der Waals surface area contributed by atoms with E-state index in [-0.39, 0.29) is 16.2 Å². The van der Waals surface area contributed by atoms with Crippen LogP contribution in [0.15, 0.2) is 66.7 Å². The summed E-state index contributed by atoms with van der Waals surface area (Å²) in [6.45, 7) is 5.72. The lowest BCUT2D eigenvalue weighted by atomic mass is 9.85. The SMILES string of the molecule is CC(C)(C)C(NC(=O)c1cc2cc(C(F)(F)P(=O)(O)O)ccc2s1)C(=O)N1CCC[C@H]1C(=O)Nc1ccc(-c2ccccc2)s1. The summed E-state index contributed by atoms with van der Waals surface area (Å²) in [6.07, 6.45) is 1.09. The van der Waals surface area contributed by atoms with Crippen LogP contribution in [0.5, 0.6) is 0 Å². The minimum absolute atomic E-state index is 0.131. The molecule has 14 heteroatoms. The molecule has 4 N–H and O–H groups in total. The van der Waals surface area contributed by atoms with Gasteiger partial charge in [0.1, 0.15) is 12.1 Å². The van der Waals surface area contributed by atoms with E-state index < -0.39 is 48.1 Å². The van der Waals surface area contributed by atoms with Crippen LogP contribution >= 0.6 is 30.3 Å². The fraction of sp³-hybridized carbons (Fsp3) is 0.323. The Balaban J connectivity index is 1.31. The van der Waals surface area contributed by atoms with Crippen LogP contribution in [0.4, 0.5) is 13.8 Å². The van der Waals surface area contributed by atoms with Crippen molar-refractivity contribution in [3.63, 3.8) is 0 Å². The lowest BCUT2D eigenvalue weighted by molar-refractivity contribution is -0.140. The summed E-state index contributed by atoms with van der Waals surface area (Å²) in [5, 5.41) is 6.59. The maximum Gasteiger partial charge on any atom is 0.399 e. The van der Waals surface area contributed by atoms with Gasteiger partial charge in [0, 0.05) is 21.7 Å². The molecule has 1 aliphatic heterocycles. The molecular weight excluding hydrogens is 643 g/mol. The molecular formula is C31H32F2N3O6PS2. The first kappa shape index (κ1) is 32.9. The van der Waals surface area contributed by atoms with E-state index in [1.165, 1.54) is 28.4 Å². The lowest BCUT2D eigenvalue weighted by Gasteiger charge is -2.35. The summed E-state index contributed by atoms with van der Waals surface area (Å²) in [4.78, 5) is 61.5. The minimum atomic E-state index is -5.76. The van der Waals surface area contributed by atoms with Crippen molar-refractivity contribution >= 4 is 63.1 Å². The largest absolute Gasteiger partial charge is 0.399 e. The molecule has 2 aromatic carbocycles. The Bertz CT molecular complexity index is 1800. The normalized spacial score (nSPS) is 16.5. The van der Waals surface area contributed by atoms with Crippen molar-refractivity contribution in [2.75, 3.05) is 11.9 Å². The Labute approximate surface area is 266 Å². The Morgan fingerprint density at radius 3 is 2.38 bits per heavy atom. The third-order valence-electron chi connectivity index (χ3n) is 7.59. The molecule has 0 spiro atoms. The van der Waals surface area contributed by atoms with Gasteiger partial charge in [-0.1, -0.05) is 57.2 Å². The van der Waals surface area contributed by atoms with Crippen LogP contribution in [0.25, 0.3) is 20.5 Å². The number of alkyl halides is 2. The molecule has 1 saturated heterocycles. The number of amides is 3. The number of anilines is 1. The van der Waals surface area contributed by atoms with Crippen molar-refractivity contribution in [2.45, 2.75) is 51.4 Å². The topological polar surface area (TPSA) is 136 Å². The maximum atomic E-state index is 14.3.